The van der Waals surface area contributed by atoms with E-state index in [9.17, 15) is 9.59 Å². The maximum absolute atomic E-state index is 13.1. The van der Waals surface area contributed by atoms with E-state index in [0.717, 1.165) is 13.0 Å². The number of likely N-dealkylation sites (tertiary alicyclic amines) is 1. The molecule has 3 unspecified atom stereocenters. The summed E-state index contributed by atoms with van der Waals surface area (Å²) in [4.78, 5) is 31.9. The number of hydrogen-bond acceptors (Lipinski definition) is 4. The van der Waals surface area contributed by atoms with Crippen LogP contribution in [0.3, 0.4) is 0 Å². The molecule has 0 radical (unpaired) electrons. The fraction of sp³-hybridized carbons (Fsp3) is 0.300. The molecule has 2 aliphatic heterocycles. The van der Waals surface area contributed by atoms with Gasteiger partial charge in [0.05, 0.1) is 17.1 Å². The van der Waals surface area contributed by atoms with Crippen LogP contribution in [0.5, 0.6) is 0 Å². The monoisotopic (exact) mass is 363 g/mol. The second-order valence-electron chi connectivity index (χ2n) is 7.33. The highest BCUT2D eigenvalue weighted by Gasteiger charge is 2.41. The molecule has 2 saturated heterocycles. The molecule has 27 heavy (non-hydrogen) atoms. The molecule has 4 N–H and O–H groups in total. The van der Waals surface area contributed by atoms with Gasteiger partial charge in [-0.2, -0.15) is 0 Å². The van der Waals surface area contributed by atoms with Crippen molar-refractivity contribution in [3.05, 3.63) is 70.1 Å². The highest BCUT2D eigenvalue weighted by molar-refractivity contribution is 5.97. The first kappa shape index (κ1) is 16.3. The molecule has 1 aromatic heterocycles. The van der Waals surface area contributed by atoms with Crippen molar-refractivity contribution in [3.63, 3.8) is 0 Å². The number of imidazole rings is 1. The molecule has 2 fully saturated rings. The standard InChI is InChI=1S/C20H21N5O2/c26-19(13-6-7-16-17(10-13)22-20(27)21-16)25-9-8-15-14(11-25)18(24-23-15)12-4-2-1-3-5-12/h1-7,10,14-15,18,23-24H,8-9,11H2,(H2,21,22,27). The lowest BCUT2D eigenvalue weighted by atomic mass is 9.85. The lowest BCUT2D eigenvalue weighted by Crippen LogP contribution is -2.47. The average Bonchev–Trinajstić information content (AvgIpc) is 3.29. The minimum Gasteiger partial charge on any atom is -0.338 e. The van der Waals surface area contributed by atoms with E-state index >= 15 is 0 Å². The van der Waals surface area contributed by atoms with Crippen molar-refractivity contribution in [2.24, 2.45) is 5.92 Å². The summed E-state index contributed by atoms with van der Waals surface area (Å²) in [5.41, 5.74) is 9.76. The number of carbonyl (C=O) groups is 1. The summed E-state index contributed by atoms with van der Waals surface area (Å²) in [5, 5.41) is 0. The highest BCUT2D eigenvalue weighted by atomic mass is 16.2. The Bertz CT molecular complexity index is 1040. The largest absolute Gasteiger partial charge is 0.338 e. The molecule has 3 heterocycles. The number of hydrazine groups is 1. The molecule has 0 bridgehead atoms. The van der Waals surface area contributed by atoms with Gasteiger partial charge in [0.2, 0.25) is 0 Å². The summed E-state index contributed by atoms with van der Waals surface area (Å²) < 4.78 is 0. The first-order valence-corrected chi connectivity index (χ1v) is 9.26. The van der Waals surface area contributed by atoms with Crippen LogP contribution in [0, 0.1) is 5.92 Å². The van der Waals surface area contributed by atoms with Crippen molar-refractivity contribution in [1.29, 1.82) is 0 Å². The number of rotatable bonds is 2. The predicted octanol–water partition coefficient (Wildman–Crippen LogP) is 1.54. The summed E-state index contributed by atoms with van der Waals surface area (Å²) in [6, 6.07) is 16.2. The number of H-pyrrole nitrogens is 2. The molecule has 5 rings (SSSR count). The van der Waals surface area contributed by atoms with Crippen LogP contribution in [0.25, 0.3) is 11.0 Å². The summed E-state index contributed by atoms with van der Waals surface area (Å²) >= 11 is 0. The Balaban J connectivity index is 1.39. The third-order valence-corrected chi connectivity index (χ3v) is 5.72. The van der Waals surface area contributed by atoms with Crippen molar-refractivity contribution >= 4 is 16.9 Å². The van der Waals surface area contributed by atoms with Gasteiger partial charge in [-0.25, -0.2) is 10.2 Å². The summed E-state index contributed by atoms with van der Waals surface area (Å²) in [6.45, 7) is 1.42. The molecule has 0 saturated carbocycles. The topological polar surface area (TPSA) is 93.0 Å². The zero-order valence-corrected chi connectivity index (χ0v) is 14.7. The van der Waals surface area contributed by atoms with Gasteiger partial charge in [0.25, 0.3) is 5.91 Å². The fourth-order valence-corrected chi connectivity index (χ4v) is 4.33. The van der Waals surface area contributed by atoms with E-state index in [1.165, 1.54) is 5.56 Å². The van der Waals surface area contributed by atoms with Gasteiger partial charge >= 0.3 is 5.69 Å². The van der Waals surface area contributed by atoms with Gasteiger partial charge in [-0.15, -0.1) is 0 Å². The summed E-state index contributed by atoms with van der Waals surface area (Å²) in [7, 11) is 0. The Morgan fingerprint density at radius 1 is 1.00 bits per heavy atom. The van der Waals surface area contributed by atoms with Crippen molar-refractivity contribution in [2.75, 3.05) is 13.1 Å². The van der Waals surface area contributed by atoms with Gasteiger partial charge in [0.1, 0.15) is 0 Å². The Labute approximate surface area is 155 Å². The van der Waals surface area contributed by atoms with E-state index in [-0.39, 0.29) is 17.6 Å². The molecule has 2 aromatic carbocycles. The molecule has 1 amide bonds. The SMILES string of the molecule is O=C(c1ccc2[nH]c(=O)[nH]c2c1)N1CCC2NNC(c3ccccc3)C2C1. The Morgan fingerprint density at radius 2 is 1.81 bits per heavy atom. The van der Waals surface area contributed by atoms with Crippen LogP contribution in [0.15, 0.2) is 53.3 Å². The van der Waals surface area contributed by atoms with E-state index < -0.39 is 0 Å². The minimum atomic E-state index is -0.260. The molecule has 7 nitrogen and oxygen atoms in total. The van der Waals surface area contributed by atoms with Crippen LogP contribution in [0.1, 0.15) is 28.4 Å². The van der Waals surface area contributed by atoms with E-state index in [0.29, 0.717) is 35.1 Å². The molecular weight excluding hydrogens is 342 g/mol. The third kappa shape index (κ3) is 2.85. The van der Waals surface area contributed by atoms with Crippen LogP contribution in [0.2, 0.25) is 0 Å². The predicted molar refractivity (Wildman–Crippen MR) is 102 cm³/mol. The molecular formula is C20H21N5O2. The van der Waals surface area contributed by atoms with Crippen molar-refractivity contribution in [3.8, 4) is 0 Å². The number of aromatic nitrogens is 2. The third-order valence-electron chi connectivity index (χ3n) is 5.72. The lowest BCUT2D eigenvalue weighted by Gasteiger charge is -2.36. The number of nitrogens with zero attached hydrogens (tertiary/aromatic N) is 1. The first-order chi connectivity index (χ1) is 13.2. The molecule has 7 heteroatoms. The molecule has 0 aliphatic carbocycles. The van der Waals surface area contributed by atoms with Crippen molar-refractivity contribution in [2.45, 2.75) is 18.5 Å². The van der Waals surface area contributed by atoms with Gasteiger partial charge in [-0.1, -0.05) is 30.3 Å². The van der Waals surface area contributed by atoms with Crippen molar-refractivity contribution < 1.29 is 4.79 Å². The first-order valence-electron chi connectivity index (χ1n) is 9.26. The zero-order chi connectivity index (χ0) is 18.4. The summed E-state index contributed by atoms with van der Waals surface area (Å²) in [6.07, 6.45) is 0.913. The number of fused-ring (bicyclic) bond motifs is 2. The Kier molecular flexibility index (Phi) is 3.84. The number of benzene rings is 2. The number of piperidine rings is 1. The van der Waals surface area contributed by atoms with Gasteiger partial charge in [0, 0.05) is 30.6 Å². The van der Waals surface area contributed by atoms with Gasteiger partial charge in [-0.05, 0) is 30.2 Å². The average molecular weight is 363 g/mol. The molecule has 2 aliphatic rings. The van der Waals surface area contributed by atoms with Crippen LogP contribution in [-0.4, -0.2) is 39.9 Å². The second kappa shape index (κ2) is 6.37. The van der Waals surface area contributed by atoms with Crippen LogP contribution in [-0.2, 0) is 0 Å². The number of carbonyl (C=O) groups excluding carboxylic acids is 1. The number of amides is 1. The lowest BCUT2D eigenvalue weighted by molar-refractivity contribution is 0.0652. The molecule has 3 atom stereocenters. The van der Waals surface area contributed by atoms with Crippen LogP contribution < -0.4 is 16.5 Å². The quantitative estimate of drug-likeness (QED) is 0.556. The minimum absolute atomic E-state index is 0.0103. The molecule has 0 spiro atoms. The van der Waals surface area contributed by atoms with Gasteiger partial charge in [-0.3, -0.25) is 10.2 Å². The number of hydrogen-bond donors (Lipinski definition) is 4. The molecule has 3 aromatic rings. The van der Waals surface area contributed by atoms with Gasteiger partial charge in [0.15, 0.2) is 0 Å². The van der Waals surface area contributed by atoms with E-state index in [1.807, 2.05) is 23.1 Å². The highest BCUT2D eigenvalue weighted by Crippen LogP contribution is 2.34. The van der Waals surface area contributed by atoms with Crippen molar-refractivity contribution in [1.82, 2.24) is 25.7 Å². The number of aromatic amines is 2. The van der Waals surface area contributed by atoms with E-state index in [4.69, 9.17) is 0 Å². The maximum Gasteiger partial charge on any atom is 0.323 e. The maximum atomic E-state index is 13.1. The van der Waals surface area contributed by atoms with E-state index in [1.54, 1.807) is 18.2 Å². The van der Waals surface area contributed by atoms with Crippen LogP contribution in [0.4, 0.5) is 0 Å². The summed E-state index contributed by atoms with van der Waals surface area (Å²) in [5.74, 6) is 0.331. The van der Waals surface area contributed by atoms with E-state index in [2.05, 4.69) is 33.0 Å². The normalized spacial score (nSPS) is 24.9. The second-order valence-corrected chi connectivity index (χ2v) is 7.33. The van der Waals surface area contributed by atoms with Gasteiger partial charge < -0.3 is 14.9 Å². The number of nitrogens with one attached hydrogen (secondary N) is 4. The smallest absolute Gasteiger partial charge is 0.323 e. The fourth-order valence-electron chi connectivity index (χ4n) is 4.33. The van der Waals surface area contributed by atoms with Crippen LogP contribution >= 0.6 is 0 Å². The Morgan fingerprint density at radius 3 is 2.67 bits per heavy atom. The molecule has 138 valence electrons. The Hall–Kier alpha value is -2.90. The zero-order valence-electron chi connectivity index (χ0n) is 14.7.